The van der Waals surface area contributed by atoms with Gasteiger partial charge in [0.15, 0.2) is 0 Å². The predicted octanol–water partition coefficient (Wildman–Crippen LogP) is 1.07. The molecule has 0 radical (unpaired) electrons. The Balaban J connectivity index is 2.15. The first-order chi connectivity index (χ1) is 9.29. The third-order valence-electron chi connectivity index (χ3n) is 2.22. The number of hydrogen-bond acceptors (Lipinski definition) is 4. The molecule has 0 aromatic carbocycles. The zero-order valence-electron chi connectivity index (χ0n) is 10.00. The minimum atomic E-state index is -0.307. The van der Waals surface area contributed by atoms with Crippen LogP contribution < -0.4 is 5.32 Å². The summed E-state index contributed by atoms with van der Waals surface area (Å²) in [6, 6.07) is 6.85. The first-order valence-electron chi connectivity index (χ1n) is 5.57. The van der Waals surface area contributed by atoms with Crippen LogP contribution >= 0.6 is 0 Å². The highest BCUT2D eigenvalue weighted by atomic mass is 16.2. The molecule has 0 spiro atoms. The Kier molecular flexibility index (Phi) is 4.21. The normalized spacial score (nSPS) is 9.32. The lowest BCUT2D eigenvalue weighted by Crippen LogP contribution is -2.13. The van der Waals surface area contributed by atoms with Gasteiger partial charge in [-0.1, -0.05) is 17.9 Å². The Morgan fingerprint density at radius 1 is 1.37 bits per heavy atom. The summed E-state index contributed by atoms with van der Waals surface area (Å²) < 4.78 is 0. The van der Waals surface area contributed by atoms with E-state index in [0.717, 1.165) is 0 Å². The van der Waals surface area contributed by atoms with E-state index in [1.807, 2.05) is 0 Å². The molecule has 2 rings (SSSR count). The quantitative estimate of drug-likeness (QED) is 0.785. The highest BCUT2D eigenvalue weighted by Gasteiger charge is 2.07. The third kappa shape index (κ3) is 3.63. The molecule has 0 aliphatic carbocycles. The van der Waals surface area contributed by atoms with Crippen molar-refractivity contribution in [3.05, 3.63) is 54.0 Å². The summed E-state index contributed by atoms with van der Waals surface area (Å²) in [5.41, 5.74) is 0.957. The molecular weight excluding hydrogens is 242 g/mol. The molecule has 2 N–H and O–H groups in total. The maximum atomic E-state index is 12.0. The highest BCUT2D eigenvalue weighted by molar-refractivity contribution is 6.03. The van der Waals surface area contributed by atoms with Crippen LogP contribution in [-0.2, 0) is 0 Å². The molecule has 19 heavy (non-hydrogen) atoms. The summed E-state index contributed by atoms with van der Waals surface area (Å²) >= 11 is 0. The van der Waals surface area contributed by atoms with Gasteiger partial charge < -0.3 is 10.4 Å². The number of aliphatic hydroxyl groups excluding tert-OH is 1. The number of aromatic nitrogens is 2. The second-order valence-electron chi connectivity index (χ2n) is 3.59. The molecule has 2 aromatic rings. The van der Waals surface area contributed by atoms with E-state index < -0.39 is 0 Å². The predicted molar refractivity (Wildman–Crippen MR) is 70.4 cm³/mol. The summed E-state index contributed by atoms with van der Waals surface area (Å²) in [7, 11) is 0. The molecule has 0 unspecified atom stereocenters. The Hall–Kier alpha value is -2.71. The Bertz CT molecular complexity index is 630. The third-order valence-corrected chi connectivity index (χ3v) is 2.22. The largest absolute Gasteiger partial charge is 0.384 e. The first kappa shape index (κ1) is 12.7. The Morgan fingerprint density at radius 3 is 3.00 bits per heavy atom. The molecule has 0 saturated carbocycles. The van der Waals surface area contributed by atoms with Crippen LogP contribution in [0.5, 0.6) is 0 Å². The lowest BCUT2D eigenvalue weighted by atomic mass is 10.2. The SMILES string of the molecule is O=C(Nc1ccccn1)c1cncc(C#CCO)c1. The Morgan fingerprint density at radius 2 is 2.26 bits per heavy atom. The van der Waals surface area contributed by atoms with Gasteiger partial charge in [0.1, 0.15) is 12.4 Å². The highest BCUT2D eigenvalue weighted by Crippen LogP contribution is 2.06. The molecular formula is C14H11N3O2. The van der Waals surface area contributed by atoms with Gasteiger partial charge in [-0.15, -0.1) is 0 Å². The number of carbonyl (C=O) groups is 1. The van der Waals surface area contributed by atoms with Gasteiger partial charge in [-0.25, -0.2) is 4.98 Å². The van der Waals surface area contributed by atoms with E-state index in [-0.39, 0.29) is 12.5 Å². The number of aliphatic hydroxyl groups is 1. The number of nitrogens with zero attached hydrogens (tertiary/aromatic N) is 2. The van der Waals surface area contributed by atoms with Crippen LogP contribution in [0.15, 0.2) is 42.9 Å². The second kappa shape index (κ2) is 6.28. The number of pyridine rings is 2. The van der Waals surface area contributed by atoms with Crippen molar-refractivity contribution in [3.8, 4) is 11.8 Å². The van der Waals surface area contributed by atoms with Crippen LogP contribution in [0.4, 0.5) is 5.82 Å². The van der Waals surface area contributed by atoms with Crippen molar-refractivity contribution < 1.29 is 9.90 Å². The lowest BCUT2D eigenvalue weighted by Gasteiger charge is -2.03. The minimum Gasteiger partial charge on any atom is -0.384 e. The van der Waals surface area contributed by atoms with E-state index in [2.05, 4.69) is 27.1 Å². The van der Waals surface area contributed by atoms with Crippen LogP contribution in [0.25, 0.3) is 0 Å². The van der Waals surface area contributed by atoms with Crippen molar-refractivity contribution in [3.63, 3.8) is 0 Å². The average molecular weight is 253 g/mol. The molecule has 5 nitrogen and oxygen atoms in total. The average Bonchev–Trinajstić information content (AvgIpc) is 2.46. The van der Waals surface area contributed by atoms with Gasteiger partial charge in [0, 0.05) is 24.2 Å². The molecule has 0 aliphatic rings. The molecule has 2 heterocycles. The van der Waals surface area contributed by atoms with Gasteiger partial charge in [0.2, 0.25) is 0 Å². The lowest BCUT2D eigenvalue weighted by molar-refractivity contribution is 0.102. The van der Waals surface area contributed by atoms with Crippen LogP contribution in [-0.4, -0.2) is 27.6 Å². The molecule has 0 saturated heterocycles. The summed E-state index contributed by atoms with van der Waals surface area (Å²) in [5.74, 6) is 5.36. The molecule has 0 atom stereocenters. The van der Waals surface area contributed by atoms with Crippen LogP contribution in [0.1, 0.15) is 15.9 Å². The summed E-state index contributed by atoms with van der Waals surface area (Å²) in [4.78, 5) is 19.9. The van der Waals surface area contributed by atoms with Crippen molar-refractivity contribution >= 4 is 11.7 Å². The van der Waals surface area contributed by atoms with Gasteiger partial charge >= 0.3 is 0 Å². The fraction of sp³-hybridized carbons (Fsp3) is 0.0714. The van der Waals surface area contributed by atoms with Crippen LogP contribution in [0.2, 0.25) is 0 Å². The van der Waals surface area contributed by atoms with Crippen molar-refractivity contribution in [1.82, 2.24) is 9.97 Å². The molecule has 5 heteroatoms. The van der Waals surface area contributed by atoms with Crippen LogP contribution in [0.3, 0.4) is 0 Å². The van der Waals surface area contributed by atoms with E-state index in [4.69, 9.17) is 5.11 Å². The number of anilines is 1. The molecule has 0 fully saturated rings. The van der Waals surface area contributed by atoms with Gasteiger partial charge in [0.25, 0.3) is 5.91 Å². The second-order valence-corrected chi connectivity index (χ2v) is 3.59. The van der Waals surface area contributed by atoms with E-state index in [1.54, 1.807) is 30.5 Å². The van der Waals surface area contributed by atoms with Gasteiger partial charge in [-0.3, -0.25) is 9.78 Å². The maximum absolute atomic E-state index is 12.0. The first-order valence-corrected chi connectivity index (χ1v) is 5.57. The number of nitrogens with one attached hydrogen (secondary N) is 1. The molecule has 0 bridgehead atoms. The monoisotopic (exact) mass is 253 g/mol. The van der Waals surface area contributed by atoms with Gasteiger partial charge in [-0.05, 0) is 18.2 Å². The molecule has 2 aromatic heterocycles. The molecule has 1 amide bonds. The minimum absolute atomic E-state index is 0.232. The van der Waals surface area contributed by atoms with E-state index in [1.165, 1.54) is 12.4 Å². The maximum Gasteiger partial charge on any atom is 0.258 e. The summed E-state index contributed by atoms with van der Waals surface area (Å²) in [6.07, 6.45) is 4.57. The van der Waals surface area contributed by atoms with Crippen molar-refractivity contribution in [2.45, 2.75) is 0 Å². The number of hydrogen-bond donors (Lipinski definition) is 2. The van der Waals surface area contributed by atoms with Crippen molar-refractivity contribution in [2.75, 3.05) is 11.9 Å². The zero-order valence-corrected chi connectivity index (χ0v) is 10.00. The van der Waals surface area contributed by atoms with E-state index in [0.29, 0.717) is 16.9 Å². The number of carbonyl (C=O) groups excluding carboxylic acids is 1. The topological polar surface area (TPSA) is 75.1 Å². The fourth-order valence-electron chi connectivity index (χ4n) is 1.40. The summed E-state index contributed by atoms with van der Waals surface area (Å²) in [6.45, 7) is -0.232. The number of amides is 1. The molecule has 0 aliphatic heterocycles. The van der Waals surface area contributed by atoms with Crippen LogP contribution in [0, 0.1) is 11.8 Å². The van der Waals surface area contributed by atoms with Gasteiger partial charge in [-0.2, -0.15) is 0 Å². The smallest absolute Gasteiger partial charge is 0.258 e. The zero-order chi connectivity index (χ0) is 13.5. The molecule has 94 valence electrons. The fourth-order valence-corrected chi connectivity index (χ4v) is 1.40. The van der Waals surface area contributed by atoms with E-state index >= 15 is 0 Å². The van der Waals surface area contributed by atoms with Crippen molar-refractivity contribution in [2.24, 2.45) is 0 Å². The van der Waals surface area contributed by atoms with E-state index in [9.17, 15) is 4.79 Å². The van der Waals surface area contributed by atoms with Gasteiger partial charge in [0.05, 0.1) is 5.56 Å². The standard InChI is InChI=1S/C14H11N3O2/c18-7-3-4-11-8-12(10-15-9-11)14(19)17-13-5-1-2-6-16-13/h1-2,5-6,8-10,18H,7H2,(H,16,17,19). The van der Waals surface area contributed by atoms with Crippen molar-refractivity contribution in [1.29, 1.82) is 0 Å². The number of rotatable bonds is 2. The summed E-state index contributed by atoms with van der Waals surface area (Å²) in [5, 5.41) is 11.3. The Labute approximate surface area is 110 Å².